The molecule has 0 saturated heterocycles. The molecule has 1 atom stereocenters. The van der Waals surface area contributed by atoms with Crippen molar-refractivity contribution in [1.82, 2.24) is 5.32 Å². The van der Waals surface area contributed by atoms with E-state index in [0.29, 0.717) is 25.6 Å². The summed E-state index contributed by atoms with van der Waals surface area (Å²) in [6.07, 6.45) is 1.55. The van der Waals surface area contributed by atoms with Crippen LogP contribution in [0.3, 0.4) is 0 Å². The van der Waals surface area contributed by atoms with Crippen molar-refractivity contribution in [3.05, 3.63) is 35.9 Å². The fourth-order valence-corrected chi connectivity index (χ4v) is 2.17. The predicted molar refractivity (Wildman–Crippen MR) is 81.3 cm³/mol. The van der Waals surface area contributed by atoms with Crippen molar-refractivity contribution < 1.29 is 9.53 Å². The summed E-state index contributed by atoms with van der Waals surface area (Å²) >= 11 is 0. The molecule has 20 heavy (non-hydrogen) atoms. The van der Waals surface area contributed by atoms with Crippen LogP contribution in [0, 0.1) is 5.92 Å². The van der Waals surface area contributed by atoms with Gasteiger partial charge in [0.25, 0.3) is 0 Å². The summed E-state index contributed by atoms with van der Waals surface area (Å²) in [6, 6.07) is 9.56. The van der Waals surface area contributed by atoms with Gasteiger partial charge in [0.05, 0.1) is 0 Å². The van der Waals surface area contributed by atoms with Gasteiger partial charge in [-0.05, 0) is 24.9 Å². The van der Waals surface area contributed by atoms with Gasteiger partial charge in [-0.2, -0.15) is 0 Å². The molecule has 0 fully saturated rings. The summed E-state index contributed by atoms with van der Waals surface area (Å²) in [5.74, 6) is 0.244. The molecule has 1 amide bonds. The molecule has 0 aliphatic rings. The van der Waals surface area contributed by atoms with Crippen molar-refractivity contribution in [2.45, 2.75) is 32.2 Å². The molecule has 1 aromatic rings. The van der Waals surface area contributed by atoms with Crippen LogP contribution in [0.4, 0.5) is 0 Å². The summed E-state index contributed by atoms with van der Waals surface area (Å²) in [7, 11) is 1.76. The van der Waals surface area contributed by atoms with Crippen molar-refractivity contribution in [2.24, 2.45) is 11.7 Å². The number of rotatable bonds is 9. The predicted octanol–water partition coefficient (Wildman–Crippen LogP) is 2.04. The van der Waals surface area contributed by atoms with Gasteiger partial charge in [0.1, 0.15) is 5.54 Å². The second kappa shape index (κ2) is 8.02. The van der Waals surface area contributed by atoms with E-state index in [2.05, 4.69) is 19.2 Å². The van der Waals surface area contributed by atoms with Crippen LogP contribution < -0.4 is 11.1 Å². The molecule has 3 N–H and O–H groups in total. The molecule has 4 nitrogen and oxygen atoms in total. The fourth-order valence-electron chi connectivity index (χ4n) is 2.17. The molecule has 0 saturated carbocycles. The first-order valence-electron chi connectivity index (χ1n) is 7.15. The van der Waals surface area contributed by atoms with Gasteiger partial charge in [0.2, 0.25) is 5.91 Å². The Balaban J connectivity index is 2.68. The fraction of sp³-hybridized carbons (Fsp3) is 0.562. The minimum absolute atomic E-state index is 0.376. The normalized spacial score (nSPS) is 14.2. The third kappa shape index (κ3) is 4.32. The zero-order valence-electron chi connectivity index (χ0n) is 12.7. The highest BCUT2D eigenvalue weighted by Gasteiger charge is 2.36. The number of benzene rings is 1. The quantitative estimate of drug-likeness (QED) is 0.679. The zero-order valence-corrected chi connectivity index (χ0v) is 12.7. The van der Waals surface area contributed by atoms with Gasteiger partial charge in [0, 0.05) is 19.6 Å². The standard InChI is InChI=1S/C16H26N2O2/c1-13(2)9-11-20-12-10-16(18-3,15(17)19)14-7-5-4-6-8-14/h4-8,13,18H,9-12H2,1-3H3,(H2,17,19). The van der Waals surface area contributed by atoms with E-state index in [0.717, 1.165) is 12.0 Å². The summed E-state index contributed by atoms with van der Waals surface area (Å²) in [5.41, 5.74) is 5.64. The lowest BCUT2D eigenvalue weighted by molar-refractivity contribution is -0.125. The first-order valence-corrected chi connectivity index (χ1v) is 7.15. The second-order valence-electron chi connectivity index (χ2n) is 5.43. The Bertz CT molecular complexity index is 406. The van der Waals surface area contributed by atoms with Gasteiger partial charge in [-0.25, -0.2) is 0 Å². The van der Waals surface area contributed by atoms with Gasteiger partial charge >= 0.3 is 0 Å². The lowest BCUT2D eigenvalue weighted by Crippen LogP contribution is -2.51. The molecule has 112 valence electrons. The van der Waals surface area contributed by atoms with Gasteiger partial charge in [-0.1, -0.05) is 44.2 Å². The van der Waals surface area contributed by atoms with E-state index in [1.807, 2.05) is 30.3 Å². The average Bonchev–Trinajstić information content (AvgIpc) is 2.43. The van der Waals surface area contributed by atoms with Crippen LogP contribution in [-0.4, -0.2) is 26.2 Å². The molecule has 0 radical (unpaired) electrons. The average molecular weight is 278 g/mol. The number of ether oxygens (including phenoxy) is 1. The second-order valence-corrected chi connectivity index (χ2v) is 5.43. The number of hydrogen-bond donors (Lipinski definition) is 2. The van der Waals surface area contributed by atoms with Crippen LogP contribution in [0.1, 0.15) is 32.3 Å². The van der Waals surface area contributed by atoms with E-state index in [1.54, 1.807) is 7.05 Å². The maximum absolute atomic E-state index is 11.9. The Morgan fingerprint density at radius 3 is 2.45 bits per heavy atom. The number of primary amides is 1. The molecule has 0 aromatic heterocycles. The van der Waals surface area contributed by atoms with E-state index in [-0.39, 0.29) is 5.91 Å². The van der Waals surface area contributed by atoms with Crippen LogP contribution in [-0.2, 0) is 15.1 Å². The largest absolute Gasteiger partial charge is 0.381 e. The van der Waals surface area contributed by atoms with E-state index >= 15 is 0 Å². The highest BCUT2D eigenvalue weighted by atomic mass is 16.5. The highest BCUT2D eigenvalue weighted by molar-refractivity contribution is 5.86. The molecular weight excluding hydrogens is 252 g/mol. The molecule has 1 rings (SSSR count). The van der Waals surface area contributed by atoms with Crippen molar-refractivity contribution in [3.63, 3.8) is 0 Å². The minimum Gasteiger partial charge on any atom is -0.381 e. The topological polar surface area (TPSA) is 64.3 Å². The number of carbonyl (C=O) groups is 1. The Hall–Kier alpha value is -1.39. The van der Waals surface area contributed by atoms with Crippen molar-refractivity contribution in [1.29, 1.82) is 0 Å². The summed E-state index contributed by atoms with van der Waals surface area (Å²) < 4.78 is 5.63. The maximum Gasteiger partial charge on any atom is 0.242 e. The van der Waals surface area contributed by atoms with E-state index in [9.17, 15) is 4.79 Å². The molecule has 1 aromatic carbocycles. The number of nitrogens with two attached hydrogens (primary N) is 1. The lowest BCUT2D eigenvalue weighted by Gasteiger charge is -2.30. The van der Waals surface area contributed by atoms with Crippen LogP contribution in [0.2, 0.25) is 0 Å². The van der Waals surface area contributed by atoms with Crippen LogP contribution >= 0.6 is 0 Å². The van der Waals surface area contributed by atoms with E-state index < -0.39 is 5.54 Å². The third-order valence-corrected chi connectivity index (χ3v) is 3.57. The van der Waals surface area contributed by atoms with E-state index in [4.69, 9.17) is 10.5 Å². The number of likely N-dealkylation sites (N-methyl/N-ethyl adjacent to an activating group) is 1. The lowest BCUT2D eigenvalue weighted by atomic mass is 9.86. The Kier molecular flexibility index (Phi) is 6.68. The maximum atomic E-state index is 11.9. The monoisotopic (exact) mass is 278 g/mol. The number of amides is 1. The molecule has 1 unspecified atom stereocenters. The van der Waals surface area contributed by atoms with Crippen molar-refractivity contribution in [2.75, 3.05) is 20.3 Å². The van der Waals surface area contributed by atoms with Crippen molar-refractivity contribution >= 4 is 5.91 Å². The third-order valence-electron chi connectivity index (χ3n) is 3.57. The van der Waals surface area contributed by atoms with Gasteiger partial charge in [-0.15, -0.1) is 0 Å². The highest BCUT2D eigenvalue weighted by Crippen LogP contribution is 2.24. The Labute approximate surface area is 121 Å². The molecule has 0 heterocycles. The van der Waals surface area contributed by atoms with Gasteiger partial charge in [-0.3, -0.25) is 4.79 Å². The SMILES string of the molecule is CNC(CCOCCC(C)C)(C(N)=O)c1ccccc1. The summed E-state index contributed by atoms with van der Waals surface area (Å²) in [4.78, 5) is 11.9. The first kappa shape index (κ1) is 16.7. The molecule has 0 spiro atoms. The van der Waals surface area contributed by atoms with Gasteiger partial charge in [0.15, 0.2) is 0 Å². The van der Waals surface area contributed by atoms with Crippen LogP contribution in [0.15, 0.2) is 30.3 Å². The summed E-state index contributed by atoms with van der Waals surface area (Å²) in [6.45, 7) is 5.54. The zero-order chi connectivity index (χ0) is 15.0. The van der Waals surface area contributed by atoms with Crippen LogP contribution in [0.5, 0.6) is 0 Å². The number of nitrogens with one attached hydrogen (secondary N) is 1. The molecule has 0 aliphatic heterocycles. The minimum atomic E-state index is -0.862. The number of carbonyl (C=O) groups excluding carboxylic acids is 1. The molecule has 0 bridgehead atoms. The van der Waals surface area contributed by atoms with Gasteiger partial charge < -0.3 is 15.8 Å². The number of hydrogen-bond acceptors (Lipinski definition) is 3. The summed E-state index contributed by atoms with van der Waals surface area (Å²) in [5, 5.41) is 3.08. The Morgan fingerprint density at radius 2 is 1.95 bits per heavy atom. The first-order chi connectivity index (χ1) is 9.53. The molecule has 0 aliphatic carbocycles. The molecule has 4 heteroatoms. The smallest absolute Gasteiger partial charge is 0.242 e. The van der Waals surface area contributed by atoms with Crippen molar-refractivity contribution in [3.8, 4) is 0 Å². The molecular formula is C16H26N2O2. The van der Waals surface area contributed by atoms with E-state index in [1.165, 1.54) is 0 Å². The van der Waals surface area contributed by atoms with Crippen LogP contribution in [0.25, 0.3) is 0 Å². The Morgan fingerprint density at radius 1 is 1.30 bits per heavy atom.